The van der Waals surface area contributed by atoms with Crippen LogP contribution < -0.4 is 14.7 Å². The van der Waals surface area contributed by atoms with Gasteiger partial charge < -0.3 is 14.7 Å². The zero-order valence-electron chi connectivity index (χ0n) is 30.1. The lowest BCUT2D eigenvalue weighted by Crippen LogP contribution is -2.53. The predicted molar refractivity (Wildman–Crippen MR) is 210 cm³/mol. The standard InChI is InChI=1S/C45H40ClN3O6/c1-2-8-27-9-6-14-35(40(27)50)39-33-19-20-34-38(43(53)48(41(34)51)31-17-15-30(16-18-31)47-21-23-55-24-22-47)36(33)26-37-42(52)49(32-13-7-12-29(46)25-32)44(54)45(37,39)28-10-4-3-5-11-28/h2-7,9-19,25,34,36-39,50H,1,8,20-24,26H2/t34-,36+,37-,38-,39+,45+/m0/s1. The maximum absolute atomic E-state index is 15.5. The molecule has 5 aliphatic rings. The van der Waals surface area contributed by atoms with Gasteiger partial charge in [0, 0.05) is 35.3 Å². The van der Waals surface area contributed by atoms with Gasteiger partial charge in [-0.05, 0) is 78.8 Å². The fourth-order valence-electron chi connectivity index (χ4n) is 10.1. The van der Waals surface area contributed by atoms with Crippen molar-refractivity contribution in [3.8, 4) is 5.75 Å². The summed E-state index contributed by atoms with van der Waals surface area (Å²) in [6, 6.07) is 29.0. The number of nitrogens with zero attached hydrogens (tertiary/aromatic N) is 3. The number of benzene rings is 4. The lowest BCUT2D eigenvalue weighted by molar-refractivity contribution is -0.127. The monoisotopic (exact) mass is 753 g/mol. The van der Waals surface area contributed by atoms with Crippen LogP contribution in [0.4, 0.5) is 17.1 Å². The van der Waals surface area contributed by atoms with E-state index in [1.54, 1.807) is 30.3 Å². The Labute approximate surface area is 324 Å². The number of phenolic OH excluding ortho intramolecular Hbond substituents is 1. The van der Waals surface area contributed by atoms with Gasteiger partial charge in [0.25, 0.3) is 0 Å². The molecule has 4 fully saturated rings. The highest BCUT2D eigenvalue weighted by Crippen LogP contribution is 2.65. The van der Waals surface area contributed by atoms with Gasteiger partial charge in [-0.3, -0.25) is 24.1 Å². The SMILES string of the molecule is C=CCc1cccc([C@H]2C3=CC[C@@H]4C(=O)N(c5ccc(N6CCOCC6)cc5)C(=O)[C@@H]4[C@@H]3C[C@H]3C(=O)N(c4cccc(Cl)c4)C(=O)[C@@]23c2ccccc2)c1O. The van der Waals surface area contributed by atoms with E-state index in [0.29, 0.717) is 52.7 Å². The van der Waals surface area contributed by atoms with Crippen molar-refractivity contribution in [2.45, 2.75) is 30.6 Å². The second-order valence-electron chi connectivity index (χ2n) is 15.1. The van der Waals surface area contributed by atoms with Crippen molar-refractivity contribution < 1.29 is 29.0 Å². The third kappa shape index (κ3) is 5.31. The first-order valence-corrected chi connectivity index (χ1v) is 19.2. The molecule has 1 N–H and O–H groups in total. The highest BCUT2D eigenvalue weighted by molar-refractivity contribution is 6.32. The number of rotatable bonds is 7. The average Bonchev–Trinajstić information content (AvgIpc) is 3.60. The van der Waals surface area contributed by atoms with Crippen LogP contribution in [0.3, 0.4) is 0 Å². The number of morpholine rings is 1. The minimum atomic E-state index is -1.49. The predicted octanol–water partition coefficient (Wildman–Crippen LogP) is 6.98. The molecule has 0 spiro atoms. The minimum Gasteiger partial charge on any atom is -0.507 e. The van der Waals surface area contributed by atoms with Gasteiger partial charge in [-0.2, -0.15) is 0 Å². The van der Waals surface area contributed by atoms with E-state index in [1.165, 1.54) is 9.80 Å². The number of carbonyl (C=O) groups is 4. The van der Waals surface area contributed by atoms with E-state index < -0.39 is 46.8 Å². The molecule has 1 saturated carbocycles. The summed E-state index contributed by atoms with van der Waals surface area (Å²) in [5.74, 6) is -5.13. The maximum atomic E-state index is 15.5. The molecule has 6 atom stereocenters. The zero-order valence-corrected chi connectivity index (χ0v) is 30.9. The smallest absolute Gasteiger partial charge is 0.246 e. The van der Waals surface area contributed by atoms with E-state index >= 15 is 9.59 Å². The Bertz CT molecular complexity index is 2270. The number of anilines is 3. The number of para-hydroxylation sites is 1. The number of phenols is 1. The molecule has 0 unspecified atom stereocenters. The first-order valence-electron chi connectivity index (χ1n) is 18.9. The summed E-state index contributed by atoms with van der Waals surface area (Å²) in [4.78, 5) is 64.3. The van der Waals surface area contributed by atoms with Gasteiger partial charge in [0.2, 0.25) is 23.6 Å². The van der Waals surface area contributed by atoms with Crippen molar-refractivity contribution in [1.29, 1.82) is 0 Å². The van der Waals surface area contributed by atoms with Gasteiger partial charge in [0.15, 0.2) is 0 Å². The summed E-state index contributed by atoms with van der Waals surface area (Å²) in [7, 11) is 0. The van der Waals surface area contributed by atoms with Crippen molar-refractivity contribution in [1.82, 2.24) is 0 Å². The van der Waals surface area contributed by atoms with Gasteiger partial charge in [-0.15, -0.1) is 6.58 Å². The third-order valence-electron chi connectivity index (χ3n) is 12.5. The molecule has 0 aromatic heterocycles. The Morgan fingerprint density at radius 3 is 2.25 bits per heavy atom. The molecule has 0 bridgehead atoms. The summed E-state index contributed by atoms with van der Waals surface area (Å²) in [5, 5.41) is 12.4. The van der Waals surface area contributed by atoms with Crippen LogP contribution in [0, 0.1) is 23.7 Å². The van der Waals surface area contributed by atoms with E-state index in [0.717, 1.165) is 24.4 Å². The highest BCUT2D eigenvalue weighted by atomic mass is 35.5. The number of ether oxygens (including phenoxy) is 1. The van der Waals surface area contributed by atoms with E-state index in [9.17, 15) is 14.7 Å². The molecule has 4 amide bonds. The van der Waals surface area contributed by atoms with Gasteiger partial charge in [-0.1, -0.05) is 83.9 Å². The average molecular weight is 754 g/mol. The van der Waals surface area contributed by atoms with E-state index in [4.69, 9.17) is 16.3 Å². The lowest BCUT2D eigenvalue weighted by Gasteiger charge is -2.50. The molecule has 10 heteroatoms. The van der Waals surface area contributed by atoms with E-state index in [1.807, 2.05) is 78.9 Å². The Morgan fingerprint density at radius 1 is 0.800 bits per heavy atom. The van der Waals surface area contributed by atoms with Crippen LogP contribution in [-0.4, -0.2) is 55.0 Å². The molecular formula is C45H40ClN3O6. The molecule has 3 saturated heterocycles. The number of imide groups is 2. The quantitative estimate of drug-likeness (QED) is 0.160. The molecule has 4 aromatic carbocycles. The summed E-state index contributed by atoms with van der Waals surface area (Å²) >= 11 is 6.44. The van der Waals surface area contributed by atoms with Crippen LogP contribution in [0.1, 0.15) is 35.4 Å². The first kappa shape index (κ1) is 35.2. The van der Waals surface area contributed by atoms with Crippen LogP contribution in [0.5, 0.6) is 5.75 Å². The molecule has 0 radical (unpaired) electrons. The number of fused-ring (bicyclic) bond motifs is 4. The fourth-order valence-corrected chi connectivity index (χ4v) is 10.3. The Morgan fingerprint density at radius 2 is 1.53 bits per heavy atom. The second kappa shape index (κ2) is 13.7. The topological polar surface area (TPSA) is 107 Å². The molecule has 9 rings (SSSR count). The third-order valence-corrected chi connectivity index (χ3v) is 12.7. The molecule has 3 aliphatic heterocycles. The molecule has 2 aliphatic carbocycles. The Balaban J connectivity index is 1.20. The molecule has 278 valence electrons. The number of aromatic hydroxyl groups is 1. The van der Waals surface area contributed by atoms with Crippen molar-refractivity contribution in [3.63, 3.8) is 0 Å². The number of allylic oxidation sites excluding steroid dienone is 3. The first-order chi connectivity index (χ1) is 26.7. The summed E-state index contributed by atoms with van der Waals surface area (Å²) in [5.41, 5.74) is 2.90. The molecule has 9 nitrogen and oxygen atoms in total. The largest absolute Gasteiger partial charge is 0.507 e. The maximum Gasteiger partial charge on any atom is 0.246 e. The van der Waals surface area contributed by atoms with Gasteiger partial charge in [0.1, 0.15) is 5.75 Å². The number of amides is 4. The number of hydrogen-bond acceptors (Lipinski definition) is 7. The van der Waals surface area contributed by atoms with E-state index in [-0.39, 0.29) is 30.4 Å². The fraction of sp³-hybridized carbons (Fsp3) is 0.289. The van der Waals surface area contributed by atoms with Gasteiger partial charge in [-0.25, -0.2) is 4.90 Å². The molecule has 4 aromatic rings. The van der Waals surface area contributed by atoms with Crippen molar-refractivity contribution in [2.75, 3.05) is 41.0 Å². The van der Waals surface area contributed by atoms with Crippen molar-refractivity contribution in [3.05, 3.63) is 143 Å². The molecular weight excluding hydrogens is 714 g/mol. The van der Waals surface area contributed by atoms with Crippen LogP contribution in [0.25, 0.3) is 0 Å². The van der Waals surface area contributed by atoms with Crippen LogP contribution in [0.2, 0.25) is 5.02 Å². The molecule has 55 heavy (non-hydrogen) atoms. The normalized spacial score (nSPS) is 27.5. The number of halogens is 1. The van der Waals surface area contributed by atoms with Crippen LogP contribution in [-0.2, 0) is 35.8 Å². The van der Waals surface area contributed by atoms with E-state index in [2.05, 4.69) is 11.5 Å². The minimum absolute atomic E-state index is 0.0161. The summed E-state index contributed by atoms with van der Waals surface area (Å²) < 4.78 is 5.50. The Kier molecular flexibility index (Phi) is 8.74. The van der Waals surface area contributed by atoms with Crippen molar-refractivity contribution >= 4 is 52.3 Å². The lowest BCUT2D eigenvalue weighted by atomic mass is 9.49. The second-order valence-corrected chi connectivity index (χ2v) is 15.5. The molecule has 3 heterocycles. The highest BCUT2D eigenvalue weighted by Gasteiger charge is 2.70. The summed E-state index contributed by atoms with van der Waals surface area (Å²) in [6.45, 7) is 6.68. The van der Waals surface area contributed by atoms with Crippen LogP contribution >= 0.6 is 11.6 Å². The Hall–Kier alpha value is -5.51. The summed E-state index contributed by atoms with van der Waals surface area (Å²) in [6.07, 6.45) is 4.54. The van der Waals surface area contributed by atoms with Crippen LogP contribution in [0.15, 0.2) is 121 Å². The number of carbonyl (C=O) groups excluding carboxylic acids is 4. The van der Waals surface area contributed by atoms with Crippen molar-refractivity contribution in [2.24, 2.45) is 23.7 Å². The van der Waals surface area contributed by atoms with Gasteiger partial charge >= 0.3 is 0 Å². The number of hydrogen-bond donors (Lipinski definition) is 1. The van der Waals surface area contributed by atoms with Gasteiger partial charge in [0.05, 0.1) is 47.8 Å². The zero-order chi connectivity index (χ0) is 38.0.